The van der Waals surface area contributed by atoms with Gasteiger partial charge >= 0.3 is 0 Å². The molecule has 0 unspecified atom stereocenters. The van der Waals surface area contributed by atoms with E-state index in [0.29, 0.717) is 18.1 Å². The van der Waals surface area contributed by atoms with Gasteiger partial charge in [0.05, 0.1) is 18.4 Å². The number of rotatable bonds is 12. The lowest BCUT2D eigenvalue weighted by Crippen LogP contribution is -2.25. The summed E-state index contributed by atoms with van der Waals surface area (Å²) in [5, 5.41) is 14.3. The maximum atomic E-state index is 11.9. The fourth-order valence-electron chi connectivity index (χ4n) is 3.38. The molecule has 3 rings (SSSR count). The summed E-state index contributed by atoms with van der Waals surface area (Å²) in [4.78, 5) is 23.2. The van der Waals surface area contributed by atoms with Gasteiger partial charge < -0.3 is 20.3 Å². The van der Waals surface area contributed by atoms with Crippen LogP contribution in [0.1, 0.15) is 30.6 Å². The molecule has 8 nitrogen and oxygen atoms in total. The standard InChI is InChI=1S/C26H30N6O2/c1-3-32(4-2)18-5-19-34-23-12-10-22(11-13-23)30-26-29-16-14-24(31-26)20-6-8-21(9-7-20)25(33)28-17-15-27/h6-14,16H,3-5,17-19H2,1-2H3,(H,28,33)(H,29,30,31). The largest absolute Gasteiger partial charge is 0.494 e. The number of ether oxygens (including phenoxy) is 1. The van der Waals surface area contributed by atoms with E-state index in [1.807, 2.05) is 48.5 Å². The molecule has 0 spiro atoms. The zero-order valence-corrected chi connectivity index (χ0v) is 19.6. The van der Waals surface area contributed by atoms with E-state index in [1.165, 1.54) is 0 Å². The summed E-state index contributed by atoms with van der Waals surface area (Å²) in [6.07, 6.45) is 2.68. The van der Waals surface area contributed by atoms with Crippen LogP contribution in [0.5, 0.6) is 5.75 Å². The van der Waals surface area contributed by atoms with Crippen molar-refractivity contribution in [2.24, 2.45) is 0 Å². The number of nitrogens with zero attached hydrogens (tertiary/aromatic N) is 4. The van der Waals surface area contributed by atoms with Crippen LogP contribution in [-0.4, -0.2) is 53.6 Å². The molecule has 0 saturated heterocycles. The number of hydrogen-bond donors (Lipinski definition) is 2. The van der Waals surface area contributed by atoms with E-state index in [2.05, 4.69) is 39.3 Å². The summed E-state index contributed by atoms with van der Waals surface area (Å²) in [5.41, 5.74) is 2.93. The minimum atomic E-state index is -0.283. The fourth-order valence-corrected chi connectivity index (χ4v) is 3.38. The molecule has 0 bridgehead atoms. The zero-order chi connectivity index (χ0) is 24.2. The topological polar surface area (TPSA) is 103 Å². The molecule has 0 aliphatic rings. The molecular weight excluding hydrogens is 428 g/mol. The van der Waals surface area contributed by atoms with Gasteiger partial charge in [0.2, 0.25) is 5.95 Å². The summed E-state index contributed by atoms with van der Waals surface area (Å²) in [6.45, 7) is 8.17. The molecule has 1 heterocycles. The Labute approximate surface area is 200 Å². The van der Waals surface area contributed by atoms with E-state index in [4.69, 9.17) is 10.00 Å². The molecule has 2 aromatic carbocycles. The van der Waals surface area contributed by atoms with Gasteiger partial charge in [0.1, 0.15) is 12.3 Å². The second kappa shape index (κ2) is 12.9. The predicted octanol–water partition coefficient (Wildman–Crippen LogP) is 4.25. The summed E-state index contributed by atoms with van der Waals surface area (Å²) in [6, 6.07) is 18.5. The molecule has 3 aromatic rings. The Morgan fingerprint density at radius 3 is 2.47 bits per heavy atom. The highest BCUT2D eigenvalue weighted by molar-refractivity contribution is 5.94. The Bertz CT molecular complexity index is 1090. The lowest BCUT2D eigenvalue weighted by molar-refractivity contribution is 0.0958. The number of carbonyl (C=O) groups excluding carboxylic acids is 1. The van der Waals surface area contributed by atoms with E-state index in [9.17, 15) is 4.79 Å². The van der Waals surface area contributed by atoms with Crippen LogP contribution >= 0.6 is 0 Å². The van der Waals surface area contributed by atoms with Crippen molar-refractivity contribution in [1.82, 2.24) is 20.2 Å². The SMILES string of the molecule is CCN(CC)CCCOc1ccc(Nc2nccc(-c3ccc(C(=O)NCC#N)cc3)n2)cc1. The first-order valence-electron chi connectivity index (χ1n) is 11.4. The normalized spacial score (nSPS) is 10.5. The number of nitrogens with one attached hydrogen (secondary N) is 2. The zero-order valence-electron chi connectivity index (χ0n) is 19.6. The highest BCUT2D eigenvalue weighted by Gasteiger charge is 2.07. The monoisotopic (exact) mass is 458 g/mol. The van der Waals surface area contributed by atoms with Crippen LogP contribution in [0, 0.1) is 11.3 Å². The van der Waals surface area contributed by atoms with Crippen molar-refractivity contribution in [3.05, 3.63) is 66.4 Å². The number of nitriles is 1. The molecule has 1 aromatic heterocycles. The third-order valence-corrected chi connectivity index (χ3v) is 5.32. The first kappa shape index (κ1) is 24.7. The third kappa shape index (κ3) is 7.29. The van der Waals surface area contributed by atoms with Crippen molar-refractivity contribution >= 4 is 17.5 Å². The molecular formula is C26H30N6O2. The third-order valence-electron chi connectivity index (χ3n) is 5.32. The molecule has 176 valence electrons. The highest BCUT2D eigenvalue weighted by Crippen LogP contribution is 2.22. The number of amides is 1. The Hall–Kier alpha value is -3.96. The fraction of sp³-hybridized carbons (Fsp3) is 0.308. The molecule has 0 saturated carbocycles. The molecule has 0 atom stereocenters. The number of anilines is 2. The average molecular weight is 459 g/mol. The molecule has 1 amide bonds. The minimum absolute atomic E-state index is 0.0225. The molecule has 34 heavy (non-hydrogen) atoms. The van der Waals surface area contributed by atoms with E-state index < -0.39 is 0 Å². The van der Waals surface area contributed by atoms with E-state index >= 15 is 0 Å². The molecule has 8 heteroatoms. The highest BCUT2D eigenvalue weighted by atomic mass is 16.5. The van der Waals surface area contributed by atoms with Gasteiger partial charge in [0.15, 0.2) is 0 Å². The minimum Gasteiger partial charge on any atom is -0.494 e. The van der Waals surface area contributed by atoms with Crippen LogP contribution in [0.3, 0.4) is 0 Å². The number of aromatic nitrogens is 2. The maximum Gasteiger partial charge on any atom is 0.252 e. The maximum absolute atomic E-state index is 11.9. The van der Waals surface area contributed by atoms with Crippen LogP contribution in [-0.2, 0) is 0 Å². The van der Waals surface area contributed by atoms with Crippen molar-refractivity contribution in [2.75, 3.05) is 38.1 Å². The van der Waals surface area contributed by atoms with Crippen molar-refractivity contribution in [2.45, 2.75) is 20.3 Å². The van der Waals surface area contributed by atoms with Crippen molar-refractivity contribution < 1.29 is 9.53 Å². The Morgan fingerprint density at radius 2 is 1.79 bits per heavy atom. The second-order valence-electron chi connectivity index (χ2n) is 7.56. The van der Waals surface area contributed by atoms with Crippen molar-refractivity contribution in [3.8, 4) is 23.1 Å². The van der Waals surface area contributed by atoms with Gasteiger partial charge in [0.25, 0.3) is 5.91 Å². The first-order valence-corrected chi connectivity index (χ1v) is 11.4. The molecule has 2 N–H and O–H groups in total. The summed E-state index contributed by atoms with van der Waals surface area (Å²) in [7, 11) is 0. The van der Waals surface area contributed by atoms with E-state index in [0.717, 1.165) is 48.7 Å². The summed E-state index contributed by atoms with van der Waals surface area (Å²) in [5.74, 6) is 1.02. The Balaban J connectivity index is 1.56. The summed E-state index contributed by atoms with van der Waals surface area (Å²) < 4.78 is 5.85. The van der Waals surface area contributed by atoms with Crippen LogP contribution in [0.25, 0.3) is 11.3 Å². The van der Waals surface area contributed by atoms with Gasteiger partial charge in [-0.25, -0.2) is 9.97 Å². The van der Waals surface area contributed by atoms with Gasteiger partial charge in [0, 0.05) is 29.6 Å². The average Bonchev–Trinajstić information content (AvgIpc) is 2.88. The van der Waals surface area contributed by atoms with Gasteiger partial charge in [-0.05, 0) is 62.0 Å². The number of carbonyl (C=O) groups is 1. The number of hydrogen-bond acceptors (Lipinski definition) is 7. The smallest absolute Gasteiger partial charge is 0.252 e. The number of benzene rings is 2. The predicted molar refractivity (Wildman–Crippen MR) is 133 cm³/mol. The van der Waals surface area contributed by atoms with Crippen molar-refractivity contribution in [3.63, 3.8) is 0 Å². The van der Waals surface area contributed by atoms with Crippen LogP contribution < -0.4 is 15.4 Å². The van der Waals surface area contributed by atoms with Crippen molar-refractivity contribution in [1.29, 1.82) is 5.26 Å². The first-order chi connectivity index (χ1) is 16.6. The van der Waals surface area contributed by atoms with Crippen LogP contribution in [0.2, 0.25) is 0 Å². The van der Waals surface area contributed by atoms with Gasteiger partial charge in [-0.15, -0.1) is 0 Å². The van der Waals surface area contributed by atoms with Crippen LogP contribution in [0.4, 0.5) is 11.6 Å². The van der Waals surface area contributed by atoms with E-state index in [1.54, 1.807) is 18.3 Å². The van der Waals surface area contributed by atoms with Gasteiger partial charge in [-0.3, -0.25) is 4.79 Å². The van der Waals surface area contributed by atoms with E-state index in [-0.39, 0.29) is 12.5 Å². The molecule has 0 fully saturated rings. The van der Waals surface area contributed by atoms with Gasteiger partial charge in [-0.1, -0.05) is 26.0 Å². The lowest BCUT2D eigenvalue weighted by atomic mass is 10.1. The summed E-state index contributed by atoms with van der Waals surface area (Å²) >= 11 is 0. The molecule has 0 aliphatic carbocycles. The second-order valence-corrected chi connectivity index (χ2v) is 7.56. The quantitative estimate of drug-likeness (QED) is 0.309. The molecule has 0 aliphatic heterocycles. The van der Waals surface area contributed by atoms with Crippen LogP contribution in [0.15, 0.2) is 60.8 Å². The molecule has 0 radical (unpaired) electrons. The Kier molecular flexibility index (Phi) is 9.38. The van der Waals surface area contributed by atoms with Gasteiger partial charge in [-0.2, -0.15) is 5.26 Å². The lowest BCUT2D eigenvalue weighted by Gasteiger charge is -2.17. The Morgan fingerprint density at radius 1 is 1.06 bits per heavy atom.